The first-order chi connectivity index (χ1) is 8.95. The maximum atomic E-state index is 13.9. The molecule has 1 nitrogen and oxygen atoms in total. The Hall–Kier alpha value is -0.249. The quantitative estimate of drug-likeness (QED) is 0.729. The summed E-state index contributed by atoms with van der Waals surface area (Å²) in [5.74, 6) is 0.712. The third-order valence-electron chi connectivity index (χ3n) is 4.25. The van der Waals surface area contributed by atoms with Crippen LogP contribution >= 0.6 is 0 Å². The van der Waals surface area contributed by atoms with Gasteiger partial charge in [-0.15, -0.1) is 0 Å². The van der Waals surface area contributed by atoms with E-state index in [1.54, 1.807) is 0 Å². The minimum absolute atomic E-state index is 0.264. The van der Waals surface area contributed by atoms with E-state index >= 15 is 0 Å². The van der Waals surface area contributed by atoms with Crippen molar-refractivity contribution in [2.75, 3.05) is 0 Å². The predicted octanol–water partition coefficient (Wildman–Crippen LogP) is 4.72. The average Bonchev–Trinajstić information content (AvgIpc) is 2.26. The van der Waals surface area contributed by atoms with Crippen molar-refractivity contribution in [2.45, 2.75) is 59.7 Å². The van der Waals surface area contributed by atoms with Gasteiger partial charge in [-0.25, -0.2) is 0 Å². The molecule has 0 aromatic heterocycles. The first-order valence-electron chi connectivity index (χ1n) is 7.08. The normalized spacial score (nSPS) is 12.2. The van der Waals surface area contributed by atoms with Gasteiger partial charge in [0, 0.05) is 0 Å². The van der Waals surface area contributed by atoms with Crippen molar-refractivity contribution in [1.82, 2.24) is 0 Å². The molecule has 0 amide bonds. The van der Waals surface area contributed by atoms with E-state index in [1.165, 1.54) is 5.19 Å². The SMILES string of the molecule is C[C](C)=[Ti]([F])[O]c1cc(C)cc([Si](C)(C)C(C)(C)C)c1. The van der Waals surface area contributed by atoms with Crippen molar-refractivity contribution in [2.24, 2.45) is 0 Å². The molecule has 0 spiro atoms. The first kappa shape index (κ1) is 17.8. The fraction of sp³-hybridized carbons (Fsp3) is 0.562. The monoisotopic (exact) mass is 330 g/mol. The summed E-state index contributed by atoms with van der Waals surface area (Å²) in [5, 5.41) is 1.61. The van der Waals surface area contributed by atoms with E-state index in [1.807, 2.05) is 19.9 Å². The fourth-order valence-corrected chi connectivity index (χ4v) is 4.59. The van der Waals surface area contributed by atoms with Gasteiger partial charge in [0.15, 0.2) is 0 Å². The number of benzene rings is 1. The molecule has 1 rings (SSSR count). The Kier molecular flexibility index (Phi) is 5.56. The number of aryl methyl sites for hydroxylation is 1. The summed E-state index contributed by atoms with van der Waals surface area (Å²) in [4.78, 5) is 0. The van der Waals surface area contributed by atoms with Crippen molar-refractivity contribution >= 4 is 17.1 Å². The summed E-state index contributed by atoms with van der Waals surface area (Å²) in [6, 6.07) is 6.26. The van der Waals surface area contributed by atoms with Crippen LogP contribution in [0.5, 0.6) is 5.75 Å². The number of halogens is 1. The van der Waals surface area contributed by atoms with Crippen molar-refractivity contribution in [3.05, 3.63) is 23.8 Å². The summed E-state index contributed by atoms with van der Waals surface area (Å²) in [6.07, 6.45) is 0. The number of hydrogen-bond donors (Lipinski definition) is 0. The third-order valence-corrected chi connectivity index (χ3v) is 11.6. The van der Waals surface area contributed by atoms with Gasteiger partial charge in [-0.05, 0) is 0 Å². The van der Waals surface area contributed by atoms with E-state index in [9.17, 15) is 3.09 Å². The van der Waals surface area contributed by atoms with Crippen molar-refractivity contribution in [3.63, 3.8) is 0 Å². The molecule has 0 fully saturated rings. The second-order valence-electron chi connectivity index (χ2n) is 7.29. The zero-order valence-corrected chi connectivity index (χ0v) is 16.6. The average molecular weight is 330 g/mol. The Morgan fingerprint density at radius 2 is 1.70 bits per heavy atom. The Balaban J connectivity index is 3.26. The molecule has 0 saturated heterocycles. The molecule has 0 bridgehead atoms. The maximum absolute atomic E-state index is 13.9. The van der Waals surface area contributed by atoms with Crippen LogP contribution in [0.15, 0.2) is 18.2 Å². The van der Waals surface area contributed by atoms with Crippen LogP contribution in [0.2, 0.25) is 18.1 Å². The van der Waals surface area contributed by atoms with Gasteiger partial charge in [-0.3, -0.25) is 0 Å². The zero-order chi connectivity index (χ0) is 15.7. The minimum atomic E-state index is -2.98. The zero-order valence-electron chi connectivity index (χ0n) is 14.0. The molecule has 20 heavy (non-hydrogen) atoms. The molecule has 0 unspecified atom stereocenters. The summed E-state index contributed by atoms with van der Waals surface area (Å²) in [5.41, 5.74) is 1.15. The van der Waals surface area contributed by atoms with Gasteiger partial charge >= 0.3 is 131 Å². The molecule has 1 aromatic rings. The van der Waals surface area contributed by atoms with E-state index in [-0.39, 0.29) is 5.04 Å². The van der Waals surface area contributed by atoms with E-state index in [2.05, 4.69) is 52.9 Å². The Morgan fingerprint density at radius 3 is 2.15 bits per heavy atom. The van der Waals surface area contributed by atoms with E-state index in [4.69, 9.17) is 3.32 Å². The molecule has 0 atom stereocenters. The summed E-state index contributed by atoms with van der Waals surface area (Å²) in [6.45, 7) is 17.3. The molecule has 0 aliphatic carbocycles. The molecule has 112 valence electrons. The Bertz CT molecular complexity index is 526. The van der Waals surface area contributed by atoms with E-state index in [0.717, 1.165) is 9.37 Å². The van der Waals surface area contributed by atoms with Gasteiger partial charge in [0.25, 0.3) is 0 Å². The van der Waals surface area contributed by atoms with Crippen LogP contribution in [-0.2, 0) is 18.3 Å². The van der Waals surface area contributed by atoms with Gasteiger partial charge in [0.05, 0.1) is 0 Å². The fourth-order valence-electron chi connectivity index (χ4n) is 1.81. The molecular formula is C16H27FOSiTi. The molecule has 0 saturated carbocycles. The second kappa shape index (κ2) is 6.25. The summed E-state index contributed by atoms with van der Waals surface area (Å²) in [7, 11) is -1.61. The van der Waals surface area contributed by atoms with E-state index < -0.39 is 26.4 Å². The third kappa shape index (κ3) is 4.12. The number of hydrogen-bond acceptors (Lipinski definition) is 1. The first-order valence-corrected chi connectivity index (χ1v) is 12.1. The van der Waals surface area contributed by atoms with Crippen LogP contribution in [0.4, 0.5) is 3.09 Å². The molecule has 0 radical (unpaired) electrons. The molecule has 0 heterocycles. The molecular weight excluding hydrogens is 303 g/mol. The molecule has 1 aromatic carbocycles. The van der Waals surface area contributed by atoms with Crippen molar-refractivity contribution in [3.8, 4) is 5.75 Å². The number of rotatable bonds is 3. The molecule has 0 N–H and O–H groups in total. The van der Waals surface area contributed by atoms with Crippen molar-refractivity contribution < 1.29 is 24.7 Å². The standard InChI is InChI=1S/C13H22OSi.C3H6.FH.Ti/c1-10-7-11(14)9-12(8-10)15(5,6)13(2,3)4;1-3-2;;/h7-9,14H,1-6H3;1-2H3;1H;/q;;;+2/p-2. The topological polar surface area (TPSA) is 9.23 Å². The Labute approximate surface area is 131 Å². The van der Waals surface area contributed by atoms with Gasteiger partial charge in [0.2, 0.25) is 0 Å². The van der Waals surface area contributed by atoms with Crippen LogP contribution in [0.1, 0.15) is 40.2 Å². The van der Waals surface area contributed by atoms with Gasteiger partial charge in [-0.2, -0.15) is 0 Å². The Morgan fingerprint density at radius 1 is 1.15 bits per heavy atom. The van der Waals surface area contributed by atoms with Crippen LogP contribution in [-0.4, -0.2) is 11.9 Å². The molecule has 0 aliphatic rings. The predicted molar refractivity (Wildman–Crippen MR) is 86.1 cm³/mol. The van der Waals surface area contributed by atoms with Crippen LogP contribution in [0, 0.1) is 6.92 Å². The molecule has 0 aliphatic heterocycles. The van der Waals surface area contributed by atoms with Crippen LogP contribution < -0.4 is 8.51 Å². The van der Waals surface area contributed by atoms with Gasteiger partial charge in [0.1, 0.15) is 0 Å². The van der Waals surface area contributed by atoms with E-state index in [0.29, 0.717) is 5.75 Å². The van der Waals surface area contributed by atoms with Crippen molar-refractivity contribution in [1.29, 1.82) is 0 Å². The van der Waals surface area contributed by atoms with Crippen LogP contribution in [0.3, 0.4) is 0 Å². The second-order valence-corrected chi connectivity index (χ2v) is 15.3. The van der Waals surface area contributed by atoms with Crippen LogP contribution in [0.25, 0.3) is 0 Å². The molecule has 4 heteroatoms. The summed E-state index contributed by atoms with van der Waals surface area (Å²) < 4.78 is 20.3. The van der Waals surface area contributed by atoms with Gasteiger partial charge in [-0.1, -0.05) is 0 Å². The summed E-state index contributed by atoms with van der Waals surface area (Å²) >= 11 is -2.98. The van der Waals surface area contributed by atoms with Gasteiger partial charge < -0.3 is 0 Å².